The summed E-state index contributed by atoms with van der Waals surface area (Å²) in [7, 11) is 0. The molecule has 5 N–H and O–H groups in total. The molecule has 0 aliphatic heterocycles. The maximum atomic E-state index is 11.1. The molecule has 1 amide bonds. The first-order valence-electron chi connectivity index (χ1n) is 10.1. The summed E-state index contributed by atoms with van der Waals surface area (Å²) in [5.74, 6) is 0.514. The van der Waals surface area contributed by atoms with Gasteiger partial charge in [-0.1, -0.05) is 26.0 Å². The lowest BCUT2D eigenvalue weighted by atomic mass is 9.73. The Morgan fingerprint density at radius 3 is 2.70 bits per heavy atom. The van der Waals surface area contributed by atoms with Crippen LogP contribution in [0.3, 0.4) is 0 Å². The molecule has 0 spiro atoms. The summed E-state index contributed by atoms with van der Waals surface area (Å²) in [5.41, 5.74) is 7.01. The van der Waals surface area contributed by atoms with Gasteiger partial charge in [-0.15, -0.1) is 0 Å². The highest BCUT2D eigenvalue weighted by Gasteiger charge is 2.35. The van der Waals surface area contributed by atoms with Crippen LogP contribution >= 0.6 is 0 Å². The van der Waals surface area contributed by atoms with E-state index in [-0.39, 0.29) is 17.6 Å². The van der Waals surface area contributed by atoms with Crippen LogP contribution in [0.5, 0.6) is 0 Å². The number of carbonyl (C=O) groups excluding carboxylic acids is 1. The Hall–Kier alpha value is -3.18. The Bertz CT molecular complexity index is 936. The second-order valence-electron chi connectivity index (χ2n) is 8.43. The van der Waals surface area contributed by atoms with E-state index < -0.39 is 5.91 Å². The third-order valence-electron chi connectivity index (χ3n) is 5.65. The Labute approximate surface area is 176 Å². The second kappa shape index (κ2) is 9.09. The third kappa shape index (κ3) is 5.24. The normalized spacial score (nSPS) is 20.2. The molecule has 0 bridgehead atoms. The number of hydrogen-bond acceptors (Lipinski definition) is 7. The van der Waals surface area contributed by atoms with Crippen molar-refractivity contribution in [2.45, 2.75) is 51.7 Å². The van der Waals surface area contributed by atoms with Crippen molar-refractivity contribution in [3.8, 4) is 6.07 Å². The molecular weight excluding hydrogens is 380 g/mol. The van der Waals surface area contributed by atoms with Crippen LogP contribution in [0, 0.1) is 16.7 Å². The van der Waals surface area contributed by atoms with Gasteiger partial charge in [-0.3, -0.25) is 4.79 Å². The number of benzene rings is 1. The van der Waals surface area contributed by atoms with E-state index in [4.69, 9.17) is 5.73 Å². The van der Waals surface area contributed by atoms with Gasteiger partial charge in [0.15, 0.2) is 0 Å². The summed E-state index contributed by atoms with van der Waals surface area (Å²) in [6, 6.07) is 9.43. The zero-order chi connectivity index (χ0) is 21.7. The van der Waals surface area contributed by atoms with Crippen LogP contribution in [-0.2, 0) is 6.42 Å². The number of aliphatic hydroxyl groups is 1. The van der Waals surface area contributed by atoms with Crippen LogP contribution in [0.2, 0.25) is 0 Å². The summed E-state index contributed by atoms with van der Waals surface area (Å²) >= 11 is 0. The number of primary amides is 1. The Kier molecular flexibility index (Phi) is 6.53. The number of nitrogens with one attached hydrogen (secondary N) is 2. The van der Waals surface area contributed by atoms with Gasteiger partial charge in [0.2, 0.25) is 11.9 Å². The van der Waals surface area contributed by atoms with Gasteiger partial charge in [0.1, 0.15) is 17.5 Å². The Balaban J connectivity index is 1.61. The fraction of sp³-hybridized carbons (Fsp3) is 0.455. The lowest BCUT2D eigenvalue weighted by Gasteiger charge is -2.40. The van der Waals surface area contributed by atoms with Crippen molar-refractivity contribution >= 4 is 17.7 Å². The predicted octanol–water partition coefficient (Wildman–Crippen LogP) is 2.45. The zero-order valence-corrected chi connectivity index (χ0v) is 17.4. The molecule has 8 heteroatoms. The molecular formula is C22H28N6O2. The van der Waals surface area contributed by atoms with E-state index >= 15 is 0 Å². The van der Waals surface area contributed by atoms with E-state index in [1.807, 2.05) is 12.1 Å². The minimum atomic E-state index is -0.443. The number of carbonyl (C=O) groups is 1. The number of aliphatic hydroxyl groups excluding tert-OH is 1. The van der Waals surface area contributed by atoms with Gasteiger partial charge in [0.05, 0.1) is 12.3 Å². The maximum Gasteiger partial charge on any atom is 0.248 e. The van der Waals surface area contributed by atoms with Crippen LogP contribution in [0.15, 0.2) is 30.5 Å². The highest BCUT2D eigenvalue weighted by molar-refractivity contribution is 5.92. The van der Waals surface area contributed by atoms with Crippen LogP contribution in [-0.4, -0.2) is 39.7 Å². The minimum absolute atomic E-state index is 0.141. The molecule has 0 unspecified atom stereocenters. The van der Waals surface area contributed by atoms with Gasteiger partial charge in [0.25, 0.3) is 0 Å². The molecule has 1 aliphatic rings. The number of nitrogens with zero attached hydrogens (tertiary/aromatic N) is 3. The molecule has 2 aromatic rings. The predicted molar refractivity (Wildman–Crippen MR) is 115 cm³/mol. The van der Waals surface area contributed by atoms with E-state index in [2.05, 4.69) is 40.5 Å². The third-order valence-corrected chi connectivity index (χ3v) is 5.65. The SMILES string of the molecule is CC1(C)C[C@H](Nc2nc(NCCc3ccc(C(N)=O)cc3)ncc2C#N)CC[C@@H]1O. The number of rotatable bonds is 7. The lowest BCUT2D eigenvalue weighted by molar-refractivity contribution is 0.00926. The molecule has 1 saturated carbocycles. The number of nitrogens with two attached hydrogens (primary N) is 1. The molecule has 1 aliphatic carbocycles. The molecule has 2 atom stereocenters. The number of amides is 1. The molecule has 30 heavy (non-hydrogen) atoms. The average molecular weight is 409 g/mol. The standard InChI is InChI=1S/C22H28N6O2/c1-22(2)11-17(7-8-18(22)29)27-20-16(12-23)13-26-21(28-20)25-10-9-14-3-5-15(6-4-14)19(24)30/h3-6,13,17-18,29H,7-11H2,1-2H3,(H2,24,30)(H2,25,26,27,28)/t17-,18+/m1/s1. The molecule has 1 heterocycles. The minimum Gasteiger partial charge on any atom is -0.393 e. The average Bonchev–Trinajstić information content (AvgIpc) is 2.71. The van der Waals surface area contributed by atoms with Gasteiger partial charge >= 0.3 is 0 Å². The van der Waals surface area contributed by atoms with Crippen molar-refractivity contribution in [2.24, 2.45) is 11.1 Å². The number of nitriles is 1. The fourth-order valence-corrected chi connectivity index (χ4v) is 3.75. The topological polar surface area (TPSA) is 137 Å². The summed E-state index contributed by atoms with van der Waals surface area (Å²) < 4.78 is 0. The first-order chi connectivity index (χ1) is 14.3. The zero-order valence-electron chi connectivity index (χ0n) is 17.4. The van der Waals surface area contributed by atoms with Gasteiger partial charge in [-0.25, -0.2) is 4.98 Å². The van der Waals surface area contributed by atoms with E-state index in [0.29, 0.717) is 29.4 Å². The van der Waals surface area contributed by atoms with Gasteiger partial charge in [-0.2, -0.15) is 10.2 Å². The van der Waals surface area contributed by atoms with Crippen molar-refractivity contribution in [3.05, 3.63) is 47.2 Å². The van der Waals surface area contributed by atoms with E-state index in [1.54, 1.807) is 12.1 Å². The van der Waals surface area contributed by atoms with Gasteiger partial charge < -0.3 is 21.5 Å². The smallest absolute Gasteiger partial charge is 0.248 e. The summed E-state index contributed by atoms with van der Waals surface area (Å²) in [6.07, 6.45) is 4.27. The molecule has 3 rings (SSSR count). The van der Waals surface area contributed by atoms with Crippen molar-refractivity contribution < 1.29 is 9.90 Å². The second-order valence-corrected chi connectivity index (χ2v) is 8.43. The molecule has 8 nitrogen and oxygen atoms in total. The molecule has 0 radical (unpaired) electrons. The number of aromatic nitrogens is 2. The first kappa shape index (κ1) is 21.5. The van der Waals surface area contributed by atoms with Crippen LogP contribution in [0.25, 0.3) is 0 Å². The van der Waals surface area contributed by atoms with Gasteiger partial charge in [-0.05, 0) is 48.8 Å². The summed E-state index contributed by atoms with van der Waals surface area (Å²) in [5, 5.41) is 26.1. The molecule has 1 aromatic carbocycles. The number of hydrogen-bond donors (Lipinski definition) is 4. The Morgan fingerprint density at radius 2 is 2.07 bits per heavy atom. The van der Waals surface area contributed by atoms with Gasteiger partial charge in [0, 0.05) is 18.2 Å². The summed E-state index contributed by atoms with van der Waals surface area (Å²) in [6.45, 7) is 4.71. The quantitative estimate of drug-likeness (QED) is 0.552. The molecule has 1 aromatic heterocycles. The van der Waals surface area contributed by atoms with Crippen molar-refractivity contribution in [1.29, 1.82) is 5.26 Å². The van der Waals surface area contributed by atoms with Crippen LogP contribution < -0.4 is 16.4 Å². The van der Waals surface area contributed by atoms with E-state index in [1.165, 1.54) is 6.20 Å². The van der Waals surface area contributed by atoms with E-state index in [0.717, 1.165) is 31.2 Å². The molecule has 158 valence electrons. The maximum absolute atomic E-state index is 11.1. The van der Waals surface area contributed by atoms with Crippen molar-refractivity contribution in [1.82, 2.24) is 9.97 Å². The fourth-order valence-electron chi connectivity index (χ4n) is 3.75. The first-order valence-corrected chi connectivity index (χ1v) is 10.1. The van der Waals surface area contributed by atoms with Crippen molar-refractivity contribution in [2.75, 3.05) is 17.2 Å². The van der Waals surface area contributed by atoms with Crippen molar-refractivity contribution in [3.63, 3.8) is 0 Å². The monoisotopic (exact) mass is 408 g/mol. The molecule has 0 saturated heterocycles. The number of anilines is 2. The lowest BCUT2D eigenvalue weighted by Crippen LogP contribution is -2.41. The highest BCUT2D eigenvalue weighted by atomic mass is 16.3. The van der Waals surface area contributed by atoms with Crippen LogP contribution in [0.4, 0.5) is 11.8 Å². The Morgan fingerprint density at radius 1 is 1.33 bits per heavy atom. The summed E-state index contributed by atoms with van der Waals surface area (Å²) in [4.78, 5) is 19.9. The van der Waals surface area contributed by atoms with Crippen LogP contribution in [0.1, 0.15) is 54.6 Å². The highest BCUT2D eigenvalue weighted by Crippen LogP contribution is 2.36. The molecule has 1 fully saturated rings. The largest absolute Gasteiger partial charge is 0.393 e. The van der Waals surface area contributed by atoms with E-state index in [9.17, 15) is 15.2 Å².